The molecular weight excluding hydrogens is 184 g/mol. The molecule has 74 valence electrons. The van der Waals surface area contributed by atoms with Gasteiger partial charge >= 0.3 is 0 Å². The summed E-state index contributed by atoms with van der Waals surface area (Å²) in [6.45, 7) is 4.22. The summed E-state index contributed by atoms with van der Waals surface area (Å²) in [6, 6.07) is 11.6. The van der Waals surface area contributed by atoms with E-state index in [9.17, 15) is 0 Å². The molecule has 0 N–H and O–H groups in total. The van der Waals surface area contributed by atoms with Crippen LogP contribution in [0.15, 0.2) is 29.8 Å². The van der Waals surface area contributed by atoms with Crippen molar-refractivity contribution in [3.8, 4) is 12.1 Å². The van der Waals surface area contributed by atoms with Crippen LogP contribution in [0, 0.1) is 22.7 Å². The minimum absolute atomic E-state index is 0.135. The first-order valence-corrected chi connectivity index (χ1v) is 4.79. The topological polar surface area (TPSA) is 47.6 Å². The van der Waals surface area contributed by atoms with Crippen molar-refractivity contribution in [2.24, 2.45) is 0 Å². The van der Waals surface area contributed by atoms with E-state index >= 15 is 0 Å². The first kappa shape index (κ1) is 11.0. The maximum absolute atomic E-state index is 8.63. The lowest BCUT2D eigenvalue weighted by atomic mass is 10.0. The van der Waals surface area contributed by atoms with Gasteiger partial charge in [-0.25, -0.2) is 0 Å². The van der Waals surface area contributed by atoms with Crippen LogP contribution in [0.25, 0.3) is 6.08 Å². The summed E-state index contributed by atoms with van der Waals surface area (Å²) < 4.78 is 0. The second-order valence-corrected chi connectivity index (χ2v) is 3.61. The van der Waals surface area contributed by atoms with E-state index in [1.807, 2.05) is 36.4 Å². The molecule has 0 fully saturated rings. The molecule has 0 heterocycles. The summed E-state index contributed by atoms with van der Waals surface area (Å²) in [4.78, 5) is 0. The van der Waals surface area contributed by atoms with Crippen LogP contribution >= 0.6 is 0 Å². The number of hydrogen-bond donors (Lipinski definition) is 0. The van der Waals surface area contributed by atoms with Gasteiger partial charge in [-0.05, 0) is 23.1 Å². The van der Waals surface area contributed by atoms with Gasteiger partial charge in [0, 0.05) is 0 Å². The van der Waals surface area contributed by atoms with Crippen molar-refractivity contribution in [3.63, 3.8) is 0 Å². The molecule has 0 saturated heterocycles. The van der Waals surface area contributed by atoms with Crippen LogP contribution < -0.4 is 0 Å². The van der Waals surface area contributed by atoms with Crippen molar-refractivity contribution in [2.45, 2.75) is 19.8 Å². The van der Waals surface area contributed by atoms with Gasteiger partial charge in [-0.1, -0.05) is 38.1 Å². The van der Waals surface area contributed by atoms with E-state index in [4.69, 9.17) is 10.5 Å². The summed E-state index contributed by atoms with van der Waals surface area (Å²) in [7, 11) is 0. The molecule has 0 aliphatic carbocycles. The molecule has 2 nitrogen and oxygen atoms in total. The molecule has 0 radical (unpaired) electrons. The molecule has 0 atom stereocenters. The summed E-state index contributed by atoms with van der Waals surface area (Å²) in [5.41, 5.74) is 2.24. The molecule has 0 aliphatic heterocycles. The van der Waals surface area contributed by atoms with E-state index in [1.54, 1.807) is 6.08 Å². The molecular formula is C13H12N2. The molecule has 2 heteroatoms. The van der Waals surface area contributed by atoms with E-state index < -0.39 is 0 Å². The number of hydrogen-bond acceptors (Lipinski definition) is 2. The monoisotopic (exact) mass is 196 g/mol. The maximum atomic E-state index is 8.63. The minimum atomic E-state index is 0.135. The standard InChI is InChI=1S/C13H12N2/c1-10(2)13-5-3-4-11(7-13)6-12(8-14)9-15/h3-7,10H,1-2H3. The smallest absolute Gasteiger partial charge is 0.130 e. The van der Waals surface area contributed by atoms with Crippen LogP contribution in [0.1, 0.15) is 30.9 Å². The quantitative estimate of drug-likeness (QED) is 0.682. The third-order valence-electron chi connectivity index (χ3n) is 2.13. The van der Waals surface area contributed by atoms with Crippen LogP contribution in [0.2, 0.25) is 0 Å². The Balaban J connectivity index is 3.08. The second kappa shape index (κ2) is 4.98. The van der Waals surface area contributed by atoms with Crippen LogP contribution in [0.3, 0.4) is 0 Å². The van der Waals surface area contributed by atoms with Crippen LogP contribution in [0.5, 0.6) is 0 Å². The average molecular weight is 196 g/mol. The summed E-state index contributed by atoms with van der Waals surface area (Å²) >= 11 is 0. The first-order chi connectivity index (χ1) is 7.17. The predicted octanol–water partition coefficient (Wildman–Crippen LogP) is 3.24. The Hall–Kier alpha value is -2.06. The molecule has 15 heavy (non-hydrogen) atoms. The van der Waals surface area contributed by atoms with Gasteiger partial charge in [-0.2, -0.15) is 10.5 Å². The third-order valence-corrected chi connectivity index (χ3v) is 2.13. The normalized spacial score (nSPS) is 9.13. The van der Waals surface area contributed by atoms with Crippen molar-refractivity contribution < 1.29 is 0 Å². The van der Waals surface area contributed by atoms with Gasteiger partial charge < -0.3 is 0 Å². The molecule has 1 aromatic rings. The first-order valence-electron chi connectivity index (χ1n) is 4.79. The Labute approximate surface area is 90.1 Å². The fourth-order valence-electron chi connectivity index (χ4n) is 1.26. The van der Waals surface area contributed by atoms with E-state index in [0.29, 0.717) is 5.92 Å². The zero-order chi connectivity index (χ0) is 11.3. The van der Waals surface area contributed by atoms with Crippen molar-refractivity contribution in [3.05, 3.63) is 41.0 Å². The molecule has 0 unspecified atom stereocenters. The number of benzene rings is 1. The van der Waals surface area contributed by atoms with E-state index in [1.165, 1.54) is 5.56 Å². The molecule has 0 aromatic heterocycles. The number of nitrogens with zero attached hydrogens (tertiary/aromatic N) is 2. The van der Waals surface area contributed by atoms with Gasteiger partial charge in [0.2, 0.25) is 0 Å². The highest BCUT2D eigenvalue weighted by Crippen LogP contribution is 2.17. The molecule has 0 spiro atoms. The second-order valence-electron chi connectivity index (χ2n) is 3.61. The third kappa shape index (κ3) is 2.97. The lowest BCUT2D eigenvalue weighted by Crippen LogP contribution is -1.87. The summed E-state index contributed by atoms with van der Waals surface area (Å²) in [6.07, 6.45) is 1.60. The summed E-state index contributed by atoms with van der Waals surface area (Å²) in [5, 5.41) is 17.3. The Kier molecular flexibility index (Phi) is 3.66. The van der Waals surface area contributed by atoms with Gasteiger partial charge in [0.15, 0.2) is 0 Å². The fourth-order valence-corrected chi connectivity index (χ4v) is 1.26. The van der Waals surface area contributed by atoms with Gasteiger partial charge in [-0.3, -0.25) is 0 Å². The number of rotatable bonds is 2. The maximum Gasteiger partial charge on any atom is 0.130 e. The van der Waals surface area contributed by atoms with Gasteiger partial charge in [-0.15, -0.1) is 0 Å². The average Bonchev–Trinajstić information content (AvgIpc) is 2.26. The zero-order valence-electron chi connectivity index (χ0n) is 8.86. The van der Waals surface area contributed by atoms with Crippen LogP contribution in [-0.4, -0.2) is 0 Å². The minimum Gasteiger partial charge on any atom is -0.192 e. The van der Waals surface area contributed by atoms with Crippen molar-refractivity contribution >= 4 is 6.08 Å². The number of nitriles is 2. The molecule has 0 aliphatic rings. The van der Waals surface area contributed by atoms with Crippen molar-refractivity contribution in [1.29, 1.82) is 10.5 Å². The molecule has 1 rings (SSSR count). The molecule has 0 amide bonds. The fraction of sp³-hybridized carbons (Fsp3) is 0.231. The highest BCUT2D eigenvalue weighted by atomic mass is 14.3. The highest BCUT2D eigenvalue weighted by molar-refractivity contribution is 5.62. The number of allylic oxidation sites excluding steroid dienone is 1. The van der Waals surface area contributed by atoms with Gasteiger partial charge in [0.25, 0.3) is 0 Å². The van der Waals surface area contributed by atoms with E-state index in [0.717, 1.165) is 5.56 Å². The lowest BCUT2D eigenvalue weighted by Gasteiger charge is -2.05. The van der Waals surface area contributed by atoms with Crippen molar-refractivity contribution in [2.75, 3.05) is 0 Å². The molecule has 1 aromatic carbocycles. The van der Waals surface area contributed by atoms with Gasteiger partial charge in [0.1, 0.15) is 17.7 Å². The van der Waals surface area contributed by atoms with E-state index in [-0.39, 0.29) is 5.57 Å². The largest absolute Gasteiger partial charge is 0.192 e. The van der Waals surface area contributed by atoms with E-state index in [2.05, 4.69) is 13.8 Å². The summed E-state index contributed by atoms with van der Waals surface area (Å²) in [5.74, 6) is 0.450. The van der Waals surface area contributed by atoms with Crippen LogP contribution in [-0.2, 0) is 0 Å². The highest BCUT2D eigenvalue weighted by Gasteiger charge is 1.99. The van der Waals surface area contributed by atoms with Crippen LogP contribution in [0.4, 0.5) is 0 Å². The SMILES string of the molecule is CC(C)c1cccc(C=C(C#N)C#N)c1. The van der Waals surface area contributed by atoms with Crippen molar-refractivity contribution in [1.82, 2.24) is 0 Å². The molecule has 0 bridgehead atoms. The zero-order valence-corrected chi connectivity index (χ0v) is 8.86. The Morgan fingerprint density at radius 2 is 1.93 bits per heavy atom. The lowest BCUT2D eigenvalue weighted by molar-refractivity contribution is 0.866. The molecule has 0 saturated carbocycles. The Morgan fingerprint density at radius 3 is 2.47 bits per heavy atom. The predicted molar refractivity (Wildman–Crippen MR) is 59.7 cm³/mol. The van der Waals surface area contributed by atoms with Gasteiger partial charge in [0.05, 0.1) is 0 Å². The Bertz CT molecular complexity index is 440. The Morgan fingerprint density at radius 1 is 1.27 bits per heavy atom.